The van der Waals surface area contributed by atoms with E-state index in [2.05, 4.69) is 61.4 Å². The minimum Gasteiger partial charge on any atom is -0.484 e. The van der Waals surface area contributed by atoms with Gasteiger partial charge in [0, 0.05) is 5.69 Å². The van der Waals surface area contributed by atoms with Crippen LogP contribution in [0.25, 0.3) is 0 Å². The summed E-state index contributed by atoms with van der Waals surface area (Å²) in [6.07, 6.45) is 0. The third kappa shape index (κ3) is 4.88. The van der Waals surface area contributed by atoms with E-state index in [0.717, 1.165) is 5.75 Å². The number of hydrogen-bond acceptors (Lipinski definition) is 5. The molecule has 0 aliphatic carbocycles. The van der Waals surface area contributed by atoms with Gasteiger partial charge in [0.1, 0.15) is 5.75 Å². The number of ether oxygens (including phenoxy) is 1. The number of nitrogens with one attached hydrogen (secondary N) is 1. The number of hydrogen-bond donors (Lipinski definition) is 1. The van der Waals surface area contributed by atoms with E-state index in [9.17, 15) is 0 Å². The molecule has 0 saturated carbocycles. The first kappa shape index (κ1) is 19.0. The lowest BCUT2D eigenvalue weighted by Gasteiger charge is -2.20. The molecule has 0 bridgehead atoms. The number of para-hydroxylation sites is 2. The summed E-state index contributed by atoms with van der Waals surface area (Å²) in [5.74, 6) is 2.67. The molecular weight excluding hydrogens is 338 g/mol. The van der Waals surface area contributed by atoms with Crippen LogP contribution in [-0.4, -0.2) is 10.2 Å². The Bertz CT molecular complexity index is 831. The number of benzene rings is 2. The smallest absolute Gasteiger partial charge is 0.253 e. The van der Waals surface area contributed by atoms with Crippen molar-refractivity contribution < 1.29 is 9.15 Å². The maximum absolute atomic E-state index is 5.72. The van der Waals surface area contributed by atoms with Gasteiger partial charge in [0.05, 0.1) is 6.54 Å². The quantitative estimate of drug-likeness (QED) is 0.570. The highest BCUT2D eigenvalue weighted by atomic mass is 16.5. The topological polar surface area (TPSA) is 60.2 Å². The zero-order chi connectivity index (χ0) is 19.2. The van der Waals surface area contributed by atoms with Crippen LogP contribution >= 0.6 is 0 Å². The minimum atomic E-state index is 0.261. The van der Waals surface area contributed by atoms with Gasteiger partial charge in [-0.15, -0.1) is 10.2 Å². The SMILES string of the molecule is CC(C)c1cccc(C(C)C)c1NCc1nnc(COc2ccccc2)o1. The third-order valence-electron chi connectivity index (χ3n) is 4.40. The van der Waals surface area contributed by atoms with Gasteiger partial charge in [-0.25, -0.2) is 0 Å². The Morgan fingerprint density at radius 3 is 2.11 bits per heavy atom. The first-order valence-corrected chi connectivity index (χ1v) is 9.40. The van der Waals surface area contributed by atoms with E-state index in [4.69, 9.17) is 9.15 Å². The lowest BCUT2D eigenvalue weighted by atomic mass is 9.92. The molecule has 0 spiro atoms. The Kier molecular flexibility index (Phi) is 6.12. The van der Waals surface area contributed by atoms with Crippen LogP contribution in [0.2, 0.25) is 0 Å². The molecule has 1 aromatic heterocycles. The Morgan fingerprint density at radius 2 is 1.48 bits per heavy atom. The average Bonchev–Trinajstić information content (AvgIpc) is 3.13. The van der Waals surface area contributed by atoms with Crippen LogP contribution in [0.4, 0.5) is 5.69 Å². The van der Waals surface area contributed by atoms with E-state index in [0.29, 0.717) is 30.2 Å². The van der Waals surface area contributed by atoms with E-state index < -0.39 is 0 Å². The maximum Gasteiger partial charge on any atom is 0.253 e. The van der Waals surface area contributed by atoms with E-state index in [1.165, 1.54) is 16.8 Å². The molecule has 0 aliphatic heterocycles. The predicted octanol–water partition coefficient (Wildman–Crippen LogP) is 5.51. The molecule has 0 atom stereocenters. The van der Waals surface area contributed by atoms with Gasteiger partial charge in [-0.3, -0.25) is 0 Å². The van der Waals surface area contributed by atoms with E-state index in [1.807, 2.05) is 30.3 Å². The molecule has 3 rings (SSSR count). The Labute approximate surface area is 160 Å². The zero-order valence-electron chi connectivity index (χ0n) is 16.4. The second-order valence-corrected chi connectivity index (χ2v) is 7.17. The number of anilines is 1. The largest absolute Gasteiger partial charge is 0.484 e. The van der Waals surface area contributed by atoms with Gasteiger partial charge in [0.2, 0.25) is 5.89 Å². The van der Waals surface area contributed by atoms with Crippen molar-refractivity contribution in [3.05, 3.63) is 71.4 Å². The van der Waals surface area contributed by atoms with Crippen molar-refractivity contribution in [1.29, 1.82) is 0 Å². The van der Waals surface area contributed by atoms with E-state index >= 15 is 0 Å². The van der Waals surface area contributed by atoms with Gasteiger partial charge in [-0.05, 0) is 35.1 Å². The lowest BCUT2D eigenvalue weighted by Crippen LogP contribution is -2.08. The van der Waals surface area contributed by atoms with E-state index in [-0.39, 0.29) is 6.61 Å². The monoisotopic (exact) mass is 365 g/mol. The van der Waals surface area contributed by atoms with Crippen LogP contribution in [0.5, 0.6) is 5.75 Å². The summed E-state index contributed by atoms with van der Waals surface area (Å²) >= 11 is 0. The molecule has 5 nitrogen and oxygen atoms in total. The molecule has 0 saturated heterocycles. The molecule has 0 radical (unpaired) electrons. The summed E-state index contributed by atoms with van der Waals surface area (Å²) in [5, 5.41) is 11.7. The van der Waals surface area contributed by atoms with Crippen LogP contribution in [-0.2, 0) is 13.2 Å². The Balaban J connectivity index is 1.66. The summed E-state index contributed by atoms with van der Waals surface area (Å²) in [7, 11) is 0. The van der Waals surface area contributed by atoms with Crippen LogP contribution < -0.4 is 10.1 Å². The van der Waals surface area contributed by atoms with Crippen molar-refractivity contribution in [3.63, 3.8) is 0 Å². The highest BCUT2D eigenvalue weighted by molar-refractivity contribution is 5.60. The first-order chi connectivity index (χ1) is 13.0. The van der Waals surface area contributed by atoms with Crippen molar-refractivity contribution in [2.24, 2.45) is 0 Å². The fourth-order valence-electron chi connectivity index (χ4n) is 3.00. The summed E-state index contributed by atoms with van der Waals surface area (Å²) in [4.78, 5) is 0. The highest BCUT2D eigenvalue weighted by Gasteiger charge is 2.15. The van der Waals surface area contributed by atoms with Gasteiger partial charge in [0.25, 0.3) is 5.89 Å². The second-order valence-electron chi connectivity index (χ2n) is 7.17. The van der Waals surface area contributed by atoms with Gasteiger partial charge >= 0.3 is 0 Å². The molecule has 5 heteroatoms. The molecule has 0 unspecified atom stereocenters. The van der Waals surface area contributed by atoms with Crippen LogP contribution in [0.1, 0.15) is 62.4 Å². The standard InChI is InChI=1S/C22H27N3O2/c1-15(2)18-11-8-12-19(16(3)4)22(18)23-13-20-24-25-21(27-20)14-26-17-9-6-5-7-10-17/h5-12,15-16,23H,13-14H2,1-4H3. The fourth-order valence-corrected chi connectivity index (χ4v) is 3.00. The van der Waals surface area contributed by atoms with Gasteiger partial charge < -0.3 is 14.5 Å². The summed E-state index contributed by atoms with van der Waals surface area (Å²) < 4.78 is 11.4. The Hall–Kier alpha value is -2.82. The molecule has 27 heavy (non-hydrogen) atoms. The normalized spacial score (nSPS) is 11.2. The number of nitrogens with zero attached hydrogens (tertiary/aromatic N) is 2. The van der Waals surface area contributed by atoms with Crippen LogP contribution in [0.15, 0.2) is 52.9 Å². The lowest BCUT2D eigenvalue weighted by molar-refractivity contribution is 0.259. The molecule has 3 aromatic rings. The predicted molar refractivity (Wildman–Crippen MR) is 107 cm³/mol. The minimum absolute atomic E-state index is 0.261. The molecule has 142 valence electrons. The Morgan fingerprint density at radius 1 is 0.852 bits per heavy atom. The van der Waals surface area contributed by atoms with Gasteiger partial charge in [-0.1, -0.05) is 64.1 Å². The molecule has 1 heterocycles. The molecule has 0 amide bonds. The zero-order valence-corrected chi connectivity index (χ0v) is 16.4. The van der Waals surface area contributed by atoms with Crippen LogP contribution in [0, 0.1) is 0 Å². The van der Waals surface area contributed by atoms with Gasteiger partial charge in [0.15, 0.2) is 6.61 Å². The number of aromatic nitrogens is 2. The van der Waals surface area contributed by atoms with E-state index in [1.54, 1.807) is 0 Å². The fraction of sp³-hybridized carbons (Fsp3) is 0.364. The first-order valence-electron chi connectivity index (χ1n) is 9.40. The summed E-state index contributed by atoms with van der Waals surface area (Å²) in [5.41, 5.74) is 3.77. The molecular formula is C22H27N3O2. The number of rotatable bonds is 8. The van der Waals surface area contributed by atoms with Crippen molar-refractivity contribution in [1.82, 2.24) is 10.2 Å². The summed E-state index contributed by atoms with van der Waals surface area (Å²) in [6.45, 7) is 9.57. The van der Waals surface area contributed by atoms with Crippen molar-refractivity contribution in [2.75, 3.05) is 5.32 Å². The molecule has 0 fully saturated rings. The maximum atomic E-state index is 5.72. The molecule has 2 aromatic carbocycles. The van der Waals surface area contributed by atoms with Crippen molar-refractivity contribution in [3.8, 4) is 5.75 Å². The highest BCUT2D eigenvalue weighted by Crippen LogP contribution is 2.32. The summed E-state index contributed by atoms with van der Waals surface area (Å²) in [6, 6.07) is 16.1. The van der Waals surface area contributed by atoms with Gasteiger partial charge in [-0.2, -0.15) is 0 Å². The van der Waals surface area contributed by atoms with Crippen LogP contribution in [0.3, 0.4) is 0 Å². The van der Waals surface area contributed by atoms with Crippen molar-refractivity contribution in [2.45, 2.75) is 52.7 Å². The second kappa shape index (κ2) is 8.71. The third-order valence-corrected chi connectivity index (χ3v) is 4.40. The molecule has 0 aliphatic rings. The molecule has 1 N–H and O–H groups in total. The van der Waals surface area contributed by atoms with Crippen molar-refractivity contribution >= 4 is 5.69 Å². The average molecular weight is 365 g/mol.